The number of aryl methyl sites for hydroxylation is 1. The van der Waals surface area contributed by atoms with Crippen molar-refractivity contribution >= 4 is 10.1 Å². The minimum absolute atomic E-state index is 0.00781. The Morgan fingerprint density at radius 2 is 1.70 bits per heavy atom. The minimum Gasteiger partial charge on any atom is -0.352 e. The fourth-order valence-corrected chi connectivity index (χ4v) is 4.08. The van der Waals surface area contributed by atoms with E-state index in [1.54, 1.807) is 24.3 Å². The number of ether oxygens (including phenoxy) is 1. The highest BCUT2D eigenvalue weighted by Gasteiger charge is 2.40. The quantitative estimate of drug-likeness (QED) is 0.726. The lowest BCUT2D eigenvalue weighted by Crippen LogP contribution is -2.41. The van der Waals surface area contributed by atoms with Crippen LogP contribution >= 0.6 is 0 Å². The van der Waals surface area contributed by atoms with Crippen molar-refractivity contribution in [3.8, 4) is 0 Å². The van der Waals surface area contributed by atoms with Gasteiger partial charge in [-0.15, -0.1) is 0 Å². The zero-order chi connectivity index (χ0) is 19.7. The average Bonchev–Trinajstić information content (AvgIpc) is 3.06. The van der Waals surface area contributed by atoms with Crippen molar-refractivity contribution in [2.24, 2.45) is 0 Å². The summed E-state index contributed by atoms with van der Waals surface area (Å²) in [7, 11) is -3.80. The van der Waals surface area contributed by atoms with E-state index in [1.165, 1.54) is 0 Å². The average molecular weight is 390 g/mol. The van der Waals surface area contributed by atoms with Gasteiger partial charge in [-0.3, -0.25) is 9.08 Å². The van der Waals surface area contributed by atoms with E-state index in [1.807, 2.05) is 37.3 Å². The first kappa shape index (κ1) is 20.0. The molecule has 146 valence electrons. The van der Waals surface area contributed by atoms with E-state index in [4.69, 9.17) is 8.92 Å². The molecule has 0 saturated carbocycles. The van der Waals surface area contributed by atoms with Gasteiger partial charge in [-0.1, -0.05) is 48.0 Å². The second-order valence-electron chi connectivity index (χ2n) is 7.90. The van der Waals surface area contributed by atoms with Crippen molar-refractivity contribution < 1.29 is 17.3 Å². The van der Waals surface area contributed by atoms with Gasteiger partial charge in [0.05, 0.1) is 17.6 Å². The third kappa shape index (κ3) is 4.76. The zero-order valence-corrected chi connectivity index (χ0v) is 17.1. The van der Waals surface area contributed by atoms with Crippen LogP contribution in [0.15, 0.2) is 59.5 Å². The van der Waals surface area contributed by atoms with Gasteiger partial charge in [-0.25, -0.2) is 0 Å². The molecule has 0 radical (unpaired) electrons. The first-order valence-electron chi connectivity index (χ1n) is 9.10. The lowest BCUT2D eigenvalue weighted by molar-refractivity contribution is -0.0394. The topological polar surface area (TPSA) is 55.8 Å². The number of hydrogen-bond donors (Lipinski definition) is 0. The zero-order valence-electron chi connectivity index (χ0n) is 16.3. The molecule has 0 aliphatic carbocycles. The number of nitrogens with zero attached hydrogens (tertiary/aromatic N) is 1. The van der Waals surface area contributed by atoms with Crippen LogP contribution in [0, 0.1) is 6.92 Å². The Hall–Kier alpha value is -1.73. The highest BCUT2D eigenvalue weighted by Crippen LogP contribution is 2.36. The Morgan fingerprint density at radius 1 is 1.07 bits per heavy atom. The molecule has 1 aliphatic heterocycles. The molecule has 2 aromatic rings. The van der Waals surface area contributed by atoms with Gasteiger partial charge < -0.3 is 4.74 Å². The van der Waals surface area contributed by atoms with Gasteiger partial charge in [0.2, 0.25) is 0 Å². The summed E-state index contributed by atoms with van der Waals surface area (Å²) in [6.45, 7) is 8.88. The van der Waals surface area contributed by atoms with Crippen molar-refractivity contribution in [2.75, 3.05) is 13.2 Å². The number of rotatable bonds is 5. The summed E-state index contributed by atoms with van der Waals surface area (Å²) in [4.78, 5) is 2.40. The first-order chi connectivity index (χ1) is 12.7. The van der Waals surface area contributed by atoms with Crippen LogP contribution in [0.25, 0.3) is 0 Å². The van der Waals surface area contributed by atoms with E-state index in [2.05, 4.69) is 25.7 Å². The van der Waals surface area contributed by atoms with Gasteiger partial charge in [-0.2, -0.15) is 8.42 Å². The Labute approximate surface area is 162 Å². The summed E-state index contributed by atoms with van der Waals surface area (Å²) in [5, 5.41) is 0. The minimum atomic E-state index is -3.80. The molecule has 0 spiro atoms. The van der Waals surface area contributed by atoms with Crippen LogP contribution in [0.3, 0.4) is 0 Å². The predicted octanol–water partition coefficient (Wildman–Crippen LogP) is 3.90. The van der Waals surface area contributed by atoms with Crippen molar-refractivity contribution in [2.45, 2.75) is 50.5 Å². The Morgan fingerprint density at radius 3 is 2.30 bits per heavy atom. The van der Waals surface area contributed by atoms with Crippen LogP contribution in [0.5, 0.6) is 0 Å². The van der Waals surface area contributed by atoms with Gasteiger partial charge in [0.25, 0.3) is 10.1 Å². The van der Waals surface area contributed by atoms with Gasteiger partial charge in [-0.05, 0) is 45.4 Å². The highest BCUT2D eigenvalue weighted by molar-refractivity contribution is 7.86. The summed E-state index contributed by atoms with van der Waals surface area (Å²) in [6.07, 6.45) is -0.545. The second kappa shape index (κ2) is 7.72. The monoisotopic (exact) mass is 389 g/mol. The van der Waals surface area contributed by atoms with Gasteiger partial charge >= 0.3 is 0 Å². The SMILES string of the molecule is Cc1ccc(S(=O)(=O)OCC2CN(C(C)(C)C)[C@H](c3ccccc3)O2)cc1. The smallest absolute Gasteiger partial charge is 0.297 e. The molecule has 6 heteroatoms. The molecular weight excluding hydrogens is 362 g/mol. The molecule has 2 aromatic carbocycles. The molecule has 0 amide bonds. The predicted molar refractivity (Wildman–Crippen MR) is 105 cm³/mol. The Balaban J connectivity index is 1.72. The number of hydrogen-bond acceptors (Lipinski definition) is 5. The lowest BCUT2D eigenvalue weighted by Gasteiger charge is -2.35. The molecule has 3 rings (SSSR count). The Kier molecular flexibility index (Phi) is 5.72. The van der Waals surface area contributed by atoms with E-state index in [9.17, 15) is 8.42 Å². The van der Waals surface area contributed by atoms with Crippen molar-refractivity contribution in [1.82, 2.24) is 4.90 Å². The largest absolute Gasteiger partial charge is 0.352 e. The molecule has 2 atom stereocenters. The number of benzene rings is 2. The van der Waals surface area contributed by atoms with Gasteiger partial charge in [0, 0.05) is 12.1 Å². The van der Waals surface area contributed by atoms with E-state index in [-0.39, 0.29) is 29.4 Å². The van der Waals surface area contributed by atoms with E-state index in [0.717, 1.165) is 11.1 Å². The van der Waals surface area contributed by atoms with E-state index in [0.29, 0.717) is 6.54 Å². The third-order valence-corrected chi connectivity index (χ3v) is 5.97. The van der Waals surface area contributed by atoms with Crippen LogP contribution in [-0.2, 0) is 19.0 Å². The molecule has 1 heterocycles. The maximum Gasteiger partial charge on any atom is 0.297 e. The molecule has 0 N–H and O–H groups in total. The van der Waals surface area contributed by atoms with Crippen LogP contribution in [0.1, 0.15) is 38.1 Å². The highest BCUT2D eigenvalue weighted by atomic mass is 32.2. The van der Waals surface area contributed by atoms with Crippen molar-refractivity contribution in [1.29, 1.82) is 0 Å². The van der Waals surface area contributed by atoms with Crippen LogP contribution in [0.4, 0.5) is 0 Å². The fourth-order valence-electron chi connectivity index (χ4n) is 3.15. The molecule has 27 heavy (non-hydrogen) atoms. The van der Waals surface area contributed by atoms with E-state index >= 15 is 0 Å². The summed E-state index contributed by atoms with van der Waals surface area (Å²) < 4.78 is 36.4. The molecule has 1 aliphatic rings. The molecule has 5 nitrogen and oxygen atoms in total. The fraction of sp³-hybridized carbons (Fsp3) is 0.429. The summed E-state index contributed by atoms with van der Waals surface area (Å²) >= 11 is 0. The molecular formula is C21H27NO4S. The van der Waals surface area contributed by atoms with Crippen LogP contribution in [-0.4, -0.2) is 38.1 Å². The maximum absolute atomic E-state index is 12.4. The summed E-state index contributed by atoms with van der Waals surface area (Å²) in [6, 6.07) is 16.6. The molecule has 1 fully saturated rings. The lowest BCUT2D eigenvalue weighted by atomic mass is 10.0. The normalized spacial score (nSPS) is 21.5. The third-order valence-electron chi connectivity index (χ3n) is 4.67. The summed E-state index contributed by atoms with van der Waals surface area (Å²) in [5.41, 5.74) is 1.93. The van der Waals surface area contributed by atoms with Gasteiger partial charge in [0.1, 0.15) is 6.23 Å². The van der Waals surface area contributed by atoms with Crippen LogP contribution < -0.4 is 0 Å². The first-order valence-corrected chi connectivity index (χ1v) is 10.5. The molecule has 1 unspecified atom stereocenters. The molecule has 0 bridgehead atoms. The summed E-state index contributed by atoms with van der Waals surface area (Å²) in [5.74, 6) is 0. The standard InChI is InChI=1S/C21H27NO4S/c1-16-10-12-19(13-11-16)27(23,24)25-15-18-14-22(21(2,3)4)20(26-18)17-8-6-5-7-9-17/h5-13,18,20H,14-15H2,1-4H3/t18?,20-/m0/s1. The van der Waals surface area contributed by atoms with E-state index < -0.39 is 10.1 Å². The van der Waals surface area contributed by atoms with Crippen molar-refractivity contribution in [3.63, 3.8) is 0 Å². The second-order valence-corrected chi connectivity index (χ2v) is 9.51. The maximum atomic E-state index is 12.4. The molecule has 1 saturated heterocycles. The molecule has 0 aromatic heterocycles. The van der Waals surface area contributed by atoms with Crippen LogP contribution in [0.2, 0.25) is 0 Å². The van der Waals surface area contributed by atoms with Gasteiger partial charge in [0.15, 0.2) is 0 Å². The Bertz CT molecular complexity index is 857. The van der Waals surface area contributed by atoms with Crippen molar-refractivity contribution in [3.05, 3.63) is 65.7 Å².